The van der Waals surface area contributed by atoms with E-state index in [1.165, 1.54) is 25.2 Å². The number of carbonyl (C=O) groups is 1. The van der Waals surface area contributed by atoms with Gasteiger partial charge in [0.05, 0.1) is 5.02 Å². The molecule has 0 aliphatic rings. The molecule has 22 heavy (non-hydrogen) atoms. The molecule has 0 saturated carbocycles. The average molecular weight is 404 g/mol. The third kappa shape index (κ3) is 3.79. The second-order valence-corrected chi connectivity index (χ2v) is 7.31. The Balaban J connectivity index is 2.35. The van der Waals surface area contributed by atoms with Crippen molar-refractivity contribution in [2.24, 2.45) is 0 Å². The van der Waals surface area contributed by atoms with E-state index >= 15 is 0 Å². The molecule has 8 heteroatoms. The summed E-state index contributed by atoms with van der Waals surface area (Å²) in [6, 6.07) is 10.7. The van der Waals surface area contributed by atoms with Crippen molar-refractivity contribution in [1.82, 2.24) is 5.32 Å². The molecule has 5 nitrogen and oxygen atoms in total. The molecule has 0 spiro atoms. The summed E-state index contributed by atoms with van der Waals surface area (Å²) in [5, 5.41) is 2.58. The molecule has 0 aromatic heterocycles. The fourth-order valence-corrected chi connectivity index (χ4v) is 3.86. The Morgan fingerprint density at radius 2 is 1.91 bits per heavy atom. The van der Waals surface area contributed by atoms with E-state index in [1.54, 1.807) is 24.3 Å². The second kappa shape index (κ2) is 6.68. The van der Waals surface area contributed by atoms with Crippen molar-refractivity contribution in [3.8, 4) is 0 Å². The van der Waals surface area contributed by atoms with Gasteiger partial charge in [-0.3, -0.25) is 9.52 Å². The zero-order valence-electron chi connectivity index (χ0n) is 11.4. The maximum atomic E-state index is 12.4. The van der Waals surface area contributed by atoms with Crippen molar-refractivity contribution >= 4 is 49.1 Å². The Morgan fingerprint density at radius 1 is 1.18 bits per heavy atom. The van der Waals surface area contributed by atoms with Crippen LogP contribution in [0.2, 0.25) is 5.02 Å². The number of carbonyl (C=O) groups excluding carboxylic acids is 1. The number of nitrogens with one attached hydrogen (secondary N) is 2. The van der Waals surface area contributed by atoms with Gasteiger partial charge in [0, 0.05) is 22.8 Å². The summed E-state index contributed by atoms with van der Waals surface area (Å²) in [4.78, 5) is 11.5. The largest absolute Gasteiger partial charge is 0.355 e. The summed E-state index contributed by atoms with van der Waals surface area (Å²) in [6.45, 7) is 0. The maximum Gasteiger partial charge on any atom is 0.263 e. The van der Waals surface area contributed by atoms with Crippen molar-refractivity contribution in [2.75, 3.05) is 11.8 Å². The summed E-state index contributed by atoms with van der Waals surface area (Å²) in [6.07, 6.45) is 0. The molecular weight excluding hydrogens is 392 g/mol. The van der Waals surface area contributed by atoms with Gasteiger partial charge in [0.15, 0.2) is 0 Å². The molecule has 0 aliphatic carbocycles. The van der Waals surface area contributed by atoms with E-state index in [9.17, 15) is 13.2 Å². The molecule has 0 aliphatic heterocycles. The molecule has 2 aromatic rings. The Hall–Kier alpha value is -1.57. The number of halogens is 2. The average Bonchev–Trinajstić information content (AvgIpc) is 2.45. The van der Waals surface area contributed by atoms with Gasteiger partial charge in [0.1, 0.15) is 4.90 Å². The number of hydrogen-bond acceptors (Lipinski definition) is 3. The molecule has 0 radical (unpaired) electrons. The molecule has 0 fully saturated rings. The third-order valence-corrected chi connectivity index (χ3v) is 5.14. The number of amides is 1. The fourth-order valence-electron chi connectivity index (χ4n) is 1.77. The van der Waals surface area contributed by atoms with Crippen LogP contribution in [0.1, 0.15) is 10.4 Å². The smallest absolute Gasteiger partial charge is 0.263 e. The van der Waals surface area contributed by atoms with Crippen LogP contribution in [0.25, 0.3) is 0 Å². The lowest BCUT2D eigenvalue weighted by molar-refractivity contribution is 0.0963. The van der Waals surface area contributed by atoms with E-state index in [0.717, 1.165) is 0 Å². The normalized spacial score (nSPS) is 11.0. The van der Waals surface area contributed by atoms with Crippen molar-refractivity contribution in [3.05, 3.63) is 57.5 Å². The predicted molar refractivity (Wildman–Crippen MR) is 89.8 cm³/mol. The van der Waals surface area contributed by atoms with Gasteiger partial charge in [-0.2, -0.15) is 0 Å². The zero-order chi connectivity index (χ0) is 16.3. The molecule has 0 atom stereocenters. The SMILES string of the molecule is CNC(=O)c1cccc(NS(=O)(=O)c2ccc(Br)cc2Cl)c1. The maximum absolute atomic E-state index is 12.4. The van der Waals surface area contributed by atoms with Crippen LogP contribution in [0, 0.1) is 0 Å². The molecule has 2 N–H and O–H groups in total. The quantitative estimate of drug-likeness (QED) is 0.823. The zero-order valence-corrected chi connectivity index (χ0v) is 14.6. The van der Waals surface area contributed by atoms with E-state index in [0.29, 0.717) is 10.0 Å². The molecular formula is C14H12BrClN2O3S. The first-order valence-corrected chi connectivity index (χ1v) is 8.79. The monoisotopic (exact) mass is 402 g/mol. The van der Waals surface area contributed by atoms with Crippen LogP contribution in [0.4, 0.5) is 5.69 Å². The topological polar surface area (TPSA) is 75.3 Å². The number of rotatable bonds is 4. The van der Waals surface area contributed by atoms with Gasteiger partial charge < -0.3 is 5.32 Å². The summed E-state index contributed by atoms with van der Waals surface area (Å²) < 4.78 is 27.8. The van der Waals surface area contributed by atoms with Crippen molar-refractivity contribution in [3.63, 3.8) is 0 Å². The Labute approximate surface area is 141 Å². The molecule has 1 amide bonds. The highest BCUT2D eigenvalue weighted by Crippen LogP contribution is 2.27. The van der Waals surface area contributed by atoms with Crippen molar-refractivity contribution in [1.29, 1.82) is 0 Å². The van der Waals surface area contributed by atoms with Crippen LogP contribution in [0.5, 0.6) is 0 Å². The van der Waals surface area contributed by atoms with Crippen LogP contribution in [-0.2, 0) is 10.0 Å². The van der Waals surface area contributed by atoms with Gasteiger partial charge >= 0.3 is 0 Å². The Morgan fingerprint density at radius 3 is 2.55 bits per heavy atom. The minimum absolute atomic E-state index is 0.0392. The van der Waals surface area contributed by atoms with E-state index in [1.807, 2.05) is 0 Å². The fraction of sp³-hybridized carbons (Fsp3) is 0.0714. The van der Waals surface area contributed by atoms with Gasteiger partial charge in [0.25, 0.3) is 15.9 Å². The van der Waals surface area contributed by atoms with Crippen LogP contribution in [0.3, 0.4) is 0 Å². The Bertz CT molecular complexity index is 825. The van der Waals surface area contributed by atoms with Gasteiger partial charge in [0.2, 0.25) is 0 Å². The molecule has 0 saturated heterocycles. The molecule has 0 unspecified atom stereocenters. The lowest BCUT2D eigenvalue weighted by atomic mass is 10.2. The first kappa shape index (κ1) is 16.8. The highest BCUT2D eigenvalue weighted by atomic mass is 79.9. The molecule has 2 aromatic carbocycles. The van der Waals surface area contributed by atoms with Crippen LogP contribution >= 0.6 is 27.5 Å². The summed E-state index contributed by atoms with van der Waals surface area (Å²) >= 11 is 9.19. The van der Waals surface area contributed by atoms with E-state index in [2.05, 4.69) is 26.0 Å². The van der Waals surface area contributed by atoms with Gasteiger partial charge in [-0.05, 0) is 36.4 Å². The number of benzene rings is 2. The molecule has 116 valence electrons. The van der Waals surface area contributed by atoms with Crippen LogP contribution < -0.4 is 10.0 Å². The predicted octanol–water partition coefficient (Wildman–Crippen LogP) is 3.26. The van der Waals surface area contributed by atoms with E-state index in [-0.39, 0.29) is 21.5 Å². The van der Waals surface area contributed by atoms with Gasteiger partial charge in [-0.25, -0.2) is 8.42 Å². The summed E-state index contributed by atoms with van der Waals surface area (Å²) in [5.41, 5.74) is 0.629. The lowest BCUT2D eigenvalue weighted by Gasteiger charge is -2.10. The van der Waals surface area contributed by atoms with Crippen molar-refractivity contribution < 1.29 is 13.2 Å². The van der Waals surface area contributed by atoms with Crippen LogP contribution in [-0.4, -0.2) is 21.4 Å². The highest BCUT2D eigenvalue weighted by Gasteiger charge is 2.18. The minimum atomic E-state index is -3.84. The number of hydrogen-bond donors (Lipinski definition) is 2. The van der Waals surface area contributed by atoms with Gasteiger partial charge in [-0.1, -0.05) is 33.6 Å². The summed E-state index contributed by atoms with van der Waals surface area (Å²) in [7, 11) is -2.34. The molecule has 0 bridgehead atoms. The second-order valence-electron chi connectivity index (χ2n) is 4.34. The van der Waals surface area contributed by atoms with Crippen molar-refractivity contribution in [2.45, 2.75) is 4.90 Å². The first-order valence-electron chi connectivity index (χ1n) is 6.13. The van der Waals surface area contributed by atoms with Gasteiger partial charge in [-0.15, -0.1) is 0 Å². The standard InChI is InChI=1S/C14H12BrClN2O3S/c1-17-14(19)9-3-2-4-11(7-9)18-22(20,21)13-6-5-10(15)8-12(13)16/h2-8,18H,1H3,(H,17,19). The lowest BCUT2D eigenvalue weighted by Crippen LogP contribution is -2.18. The van der Waals surface area contributed by atoms with E-state index < -0.39 is 10.0 Å². The van der Waals surface area contributed by atoms with Crippen LogP contribution in [0.15, 0.2) is 51.8 Å². The minimum Gasteiger partial charge on any atom is -0.355 e. The first-order chi connectivity index (χ1) is 10.3. The number of anilines is 1. The number of sulfonamides is 1. The molecule has 2 rings (SSSR count). The van der Waals surface area contributed by atoms with E-state index in [4.69, 9.17) is 11.6 Å². The summed E-state index contributed by atoms with van der Waals surface area (Å²) in [5.74, 6) is -0.303. The molecule has 0 heterocycles. The highest BCUT2D eigenvalue weighted by molar-refractivity contribution is 9.10. The Kier molecular flexibility index (Phi) is 5.10. The third-order valence-electron chi connectivity index (χ3n) is 2.79.